The first kappa shape index (κ1) is 12.2. The molecular formula is C13H20N2O2. The highest BCUT2D eigenvalue weighted by atomic mass is 16.5. The number of anilines is 1. The fourth-order valence-corrected chi connectivity index (χ4v) is 2.26. The third kappa shape index (κ3) is 3.60. The summed E-state index contributed by atoms with van der Waals surface area (Å²) in [7, 11) is 0. The van der Waals surface area contributed by atoms with Gasteiger partial charge in [-0.2, -0.15) is 0 Å². The summed E-state index contributed by atoms with van der Waals surface area (Å²) >= 11 is 0. The molecule has 4 nitrogen and oxygen atoms in total. The molecule has 0 unspecified atom stereocenters. The third-order valence-electron chi connectivity index (χ3n) is 3.21. The molecule has 94 valence electrons. The Morgan fingerprint density at radius 1 is 1.35 bits per heavy atom. The van der Waals surface area contributed by atoms with Crippen molar-refractivity contribution in [3.63, 3.8) is 0 Å². The molecule has 0 spiro atoms. The summed E-state index contributed by atoms with van der Waals surface area (Å²) in [5, 5.41) is 0. The van der Waals surface area contributed by atoms with Crippen molar-refractivity contribution in [2.75, 3.05) is 12.3 Å². The van der Waals surface area contributed by atoms with E-state index in [-0.39, 0.29) is 5.56 Å². The number of rotatable bonds is 5. The standard InChI is InChI=1S/C13H20N2O2/c14-11-6-7-13(16)15(10-11)8-3-9-17-12-4-1-2-5-12/h6-7,10,12H,1-5,8-9,14H2. The van der Waals surface area contributed by atoms with Gasteiger partial charge in [0, 0.05) is 31.1 Å². The Kier molecular flexibility index (Phi) is 4.20. The van der Waals surface area contributed by atoms with Gasteiger partial charge in [0.05, 0.1) is 6.10 Å². The zero-order chi connectivity index (χ0) is 12.1. The molecule has 0 amide bonds. The molecule has 2 N–H and O–H groups in total. The van der Waals surface area contributed by atoms with Gasteiger partial charge in [0.25, 0.3) is 5.56 Å². The van der Waals surface area contributed by atoms with Crippen LogP contribution in [0.3, 0.4) is 0 Å². The van der Waals surface area contributed by atoms with E-state index >= 15 is 0 Å². The van der Waals surface area contributed by atoms with Crippen LogP contribution in [0.2, 0.25) is 0 Å². The topological polar surface area (TPSA) is 57.2 Å². The van der Waals surface area contributed by atoms with Gasteiger partial charge in [0.2, 0.25) is 0 Å². The van der Waals surface area contributed by atoms with Crippen molar-refractivity contribution < 1.29 is 4.74 Å². The predicted octanol–water partition coefficient (Wildman–Crippen LogP) is 1.78. The first-order valence-corrected chi connectivity index (χ1v) is 6.33. The van der Waals surface area contributed by atoms with Crippen molar-refractivity contribution in [3.05, 3.63) is 28.7 Å². The van der Waals surface area contributed by atoms with Crippen LogP contribution in [0.15, 0.2) is 23.1 Å². The highest BCUT2D eigenvalue weighted by Crippen LogP contribution is 2.20. The van der Waals surface area contributed by atoms with Gasteiger partial charge in [-0.05, 0) is 25.3 Å². The molecule has 1 aliphatic rings. The van der Waals surface area contributed by atoms with E-state index in [4.69, 9.17) is 10.5 Å². The molecule has 1 aliphatic carbocycles. The summed E-state index contributed by atoms with van der Waals surface area (Å²) in [6, 6.07) is 3.14. The number of aromatic nitrogens is 1. The lowest BCUT2D eigenvalue weighted by molar-refractivity contribution is 0.0548. The molecule has 0 atom stereocenters. The van der Waals surface area contributed by atoms with Crippen LogP contribution >= 0.6 is 0 Å². The number of pyridine rings is 1. The first-order chi connectivity index (χ1) is 8.25. The second-order valence-corrected chi connectivity index (χ2v) is 4.62. The van der Waals surface area contributed by atoms with Crippen molar-refractivity contribution >= 4 is 5.69 Å². The van der Waals surface area contributed by atoms with E-state index in [1.807, 2.05) is 0 Å². The summed E-state index contributed by atoms with van der Waals surface area (Å²) in [4.78, 5) is 11.5. The summed E-state index contributed by atoms with van der Waals surface area (Å²) in [6.45, 7) is 1.41. The molecule has 17 heavy (non-hydrogen) atoms. The lowest BCUT2D eigenvalue weighted by atomic mass is 10.3. The molecule has 1 aromatic heterocycles. The van der Waals surface area contributed by atoms with Crippen LogP contribution in [0.4, 0.5) is 5.69 Å². The van der Waals surface area contributed by atoms with E-state index in [1.54, 1.807) is 16.8 Å². The Morgan fingerprint density at radius 2 is 2.12 bits per heavy atom. The Balaban J connectivity index is 1.74. The Labute approximate surface area is 101 Å². The van der Waals surface area contributed by atoms with Crippen LogP contribution in [0.5, 0.6) is 0 Å². The average Bonchev–Trinajstić information content (AvgIpc) is 2.82. The number of aryl methyl sites for hydroxylation is 1. The van der Waals surface area contributed by atoms with E-state index < -0.39 is 0 Å². The number of nitrogens with zero attached hydrogens (tertiary/aromatic N) is 1. The molecule has 4 heteroatoms. The van der Waals surface area contributed by atoms with Gasteiger partial charge < -0.3 is 15.0 Å². The zero-order valence-electron chi connectivity index (χ0n) is 10.1. The number of nitrogen functional groups attached to an aromatic ring is 1. The second-order valence-electron chi connectivity index (χ2n) is 4.62. The molecule has 0 bridgehead atoms. The average molecular weight is 236 g/mol. The minimum Gasteiger partial charge on any atom is -0.398 e. The van der Waals surface area contributed by atoms with Gasteiger partial charge in [0.1, 0.15) is 0 Å². The molecular weight excluding hydrogens is 216 g/mol. The summed E-state index contributed by atoms with van der Waals surface area (Å²) in [5.41, 5.74) is 6.27. The molecule has 2 rings (SSSR count). The zero-order valence-corrected chi connectivity index (χ0v) is 10.1. The van der Waals surface area contributed by atoms with Crippen LogP contribution in [0, 0.1) is 0 Å². The van der Waals surface area contributed by atoms with E-state index in [0.29, 0.717) is 18.3 Å². The fraction of sp³-hybridized carbons (Fsp3) is 0.615. The summed E-state index contributed by atoms with van der Waals surface area (Å²) in [5.74, 6) is 0. The molecule has 0 aromatic carbocycles. The van der Waals surface area contributed by atoms with Crippen LogP contribution < -0.4 is 11.3 Å². The second kappa shape index (κ2) is 5.87. The summed E-state index contributed by atoms with van der Waals surface area (Å²) in [6.07, 6.45) is 7.97. The first-order valence-electron chi connectivity index (χ1n) is 6.33. The van der Waals surface area contributed by atoms with Crippen molar-refractivity contribution in [2.45, 2.75) is 44.8 Å². The Morgan fingerprint density at radius 3 is 2.88 bits per heavy atom. The maximum Gasteiger partial charge on any atom is 0.250 e. The van der Waals surface area contributed by atoms with Crippen molar-refractivity contribution in [1.29, 1.82) is 0 Å². The van der Waals surface area contributed by atoms with Gasteiger partial charge in [-0.15, -0.1) is 0 Å². The van der Waals surface area contributed by atoms with Crippen LogP contribution in [-0.4, -0.2) is 17.3 Å². The SMILES string of the molecule is Nc1ccc(=O)n(CCCOC2CCCC2)c1. The molecule has 1 fully saturated rings. The number of ether oxygens (including phenoxy) is 1. The highest BCUT2D eigenvalue weighted by Gasteiger charge is 2.14. The lowest BCUT2D eigenvalue weighted by Gasteiger charge is -2.11. The van der Waals surface area contributed by atoms with E-state index in [2.05, 4.69) is 0 Å². The molecule has 1 aromatic rings. The van der Waals surface area contributed by atoms with E-state index in [1.165, 1.54) is 31.7 Å². The number of hydrogen-bond donors (Lipinski definition) is 1. The van der Waals surface area contributed by atoms with Crippen LogP contribution in [0.1, 0.15) is 32.1 Å². The molecule has 0 saturated heterocycles. The van der Waals surface area contributed by atoms with Gasteiger partial charge in [-0.25, -0.2) is 0 Å². The molecule has 1 heterocycles. The van der Waals surface area contributed by atoms with Crippen molar-refractivity contribution in [1.82, 2.24) is 4.57 Å². The van der Waals surface area contributed by atoms with E-state index in [0.717, 1.165) is 13.0 Å². The maximum atomic E-state index is 11.5. The number of hydrogen-bond acceptors (Lipinski definition) is 3. The fourth-order valence-electron chi connectivity index (χ4n) is 2.26. The van der Waals surface area contributed by atoms with Crippen molar-refractivity contribution in [2.24, 2.45) is 0 Å². The summed E-state index contributed by atoms with van der Waals surface area (Å²) < 4.78 is 7.39. The normalized spacial score (nSPS) is 16.5. The molecule has 0 radical (unpaired) electrons. The largest absolute Gasteiger partial charge is 0.398 e. The minimum atomic E-state index is 0.0000615. The number of nitrogens with two attached hydrogens (primary N) is 1. The van der Waals surface area contributed by atoms with Gasteiger partial charge in [-0.3, -0.25) is 4.79 Å². The minimum absolute atomic E-state index is 0.0000615. The van der Waals surface area contributed by atoms with E-state index in [9.17, 15) is 4.79 Å². The van der Waals surface area contributed by atoms with Gasteiger partial charge >= 0.3 is 0 Å². The van der Waals surface area contributed by atoms with Crippen LogP contribution in [0.25, 0.3) is 0 Å². The van der Waals surface area contributed by atoms with Crippen LogP contribution in [-0.2, 0) is 11.3 Å². The third-order valence-corrected chi connectivity index (χ3v) is 3.21. The predicted molar refractivity (Wildman–Crippen MR) is 67.9 cm³/mol. The molecule has 0 aliphatic heterocycles. The maximum absolute atomic E-state index is 11.5. The monoisotopic (exact) mass is 236 g/mol. The molecule has 1 saturated carbocycles. The smallest absolute Gasteiger partial charge is 0.250 e. The Hall–Kier alpha value is -1.29. The highest BCUT2D eigenvalue weighted by molar-refractivity contribution is 5.33. The van der Waals surface area contributed by atoms with Gasteiger partial charge in [0.15, 0.2) is 0 Å². The Bertz CT molecular complexity index is 408. The quantitative estimate of drug-likeness (QED) is 0.793. The van der Waals surface area contributed by atoms with Gasteiger partial charge in [-0.1, -0.05) is 12.8 Å². The lowest BCUT2D eigenvalue weighted by Crippen LogP contribution is -2.20. The van der Waals surface area contributed by atoms with Crippen molar-refractivity contribution in [3.8, 4) is 0 Å².